The third-order valence-electron chi connectivity index (χ3n) is 2.57. The summed E-state index contributed by atoms with van der Waals surface area (Å²) in [6.45, 7) is 0.372. The van der Waals surface area contributed by atoms with Crippen LogP contribution in [0.2, 0.25) is 5.02 Å². The molecule has 0 aliphatic rings. The van der Waals surface area contributed by atoms with Gasteiger partial charge in [0.1, 0.15) is 11.6 Å². The highest BCUT2D eigenvalue weighted by Gasteiger charge is 2.12. The van der Waals surface area contributed by atoms with Crippen molar-refractivity contribution in [1.82, 2.24) is 0 Å². The molecule has 0 spiro atoms. The molecular weight excluding hydrogens is 272 g/mol. The molecule has 0 fully saturated rings. The second-order valence-electron chi connectivity index (χ2n) is 3.94. The Hall–Kier alpha value is -1.65. The van der Waals surface area contributed by atoms with E-state index in [2.05, 4.69) is 0 Å². The van der Waals surface area contributed by atoms with Crippen LogP contribution >= 0.6 is 11.6 Å². The summed E-state index contributed by atoms with van der Waals surface area (Å²) in [7, 11) is 0. The maximum Gasteiger partial charge on any atom is 0.166 e. The fraction of sp³-hybridized carbons (Fsp3) is 0.143. The Morgan fingerprint density at radius 2 is 1.95 bits per heavy atom. The Morgan fingerprint density at radius 1 is 1.16 bits per heavy atom. The monoisotopic (exact) mass is 283 g/mol. The van der Waals surface area contributed by atoms with E-state index in [9.17, 15) is 8.78 Å². The second-order valence-corrected chi connectivity index (χ2v) is 4.35. The van der Waals surface area contributed by atoms with Crippen molar-refractivity contribution in [2.75, 3.05) is 6.54 Å². The molecule has 100 valence electrons. The Bertz CT molecular complexity index is 590. The van der Waals surface area contributed by atoms with Crippen LogP contribution in [0.3, 0.4) is 0 Å². The first-order valence-electron chi connectivity index (χ1n) is 5.72. The van der Waals surface area contributed by atoms with Crippen molar-refractivity contribution in [3.63, 3.8) is 0 Å². The quantitative estimate of drug-likeness (QED) is 0.923. The third kappa shape index (κ3) is 3.22. The highest BCUT2D eigenvalue weighted by atomic mass is 35.5. The molecule has 2 aromatic rings. The molecule has 0 aliphatic heterocycles. The molecule has 2 aromatic carbocycles. The van der Waals surface area contributed by atoms with Gasteiger partial charge in [-0.3, -0.25) is 0 Å². The Morgan fingerprint density at radius 3 is 2.63 bits per heavy atom. The van der Waals surface area contributed by atoms with E-state index in [1.54, 1.807) is 12.1 Å². The first kappa shape index (κ1) is 13.8. The molecule has 0 radical (unpaired) electrons. The van der Waals surface area contributed by atoms with E-state index in [1.807, 2.05) is 0 Å². The van der Waals surface area contributed by atoms with Crippen molar-refractivity contribution >= 4 is 11.6 Å². The molecule has 2 rings (SSSR count). The predicted octanol–water partition coefficient (Wildman–Crippen LogP) is 3.91. The molecule has 2 N–H and O–H groups in total. The summed E-state index contributed by atoms with van der Waals surface area (Å²) in [4.78, 5) is 0. The number of hydrogen-bond donors (Lipinski definition) is 1. The standard InChI is InChI=1S/C14H12ClF2NO/c15-11-8-10(16)4-5-13(11)19-14-9(6-7-18)2-1-3-12(14)17/h1-5,8H,6-7,18H2. The minimum Gasteiger partial charge on any atom is -0.452 e. The van der Waals surface area contributed by atoms with E-state index in [4.69, 9.17) is 22.1 Å². The summed E-state index contributed by atoms with van der Waals surface area (Å²) in [5, 5.41) is 0.0851. The molecule has 5 heteroatoms. The lowest BCUT2D eigenvalue weighted by Crippen LogP contribution is -2.05. The molecule has 2 nitrogen and oxygen atoms in total. The summed E-state index contributed by atoms with van der Waals surface area (Å²) >= 11 is 5.85. The Balaban J connectivity index is 2.37. The zero-order valence-corrected chi connectivity index (χ0v) is 10.8. The van der Waals surface area contributed by atoms with Gasteiger partial charge in [0.25, 0.3) is 0 Å². The fourth-order valence-electron chi connectivity index (χ4n) is 1.69. The zero-order chi connectivity index (χ0) is 13.8. The second kappa shape index (κ2) is 5.99. The van der Waals surface area contributed by atoms with Crippen molar-refractivity contribution in [2.24, 2.45) is 5.73 Å². The summed E-state index contributed by atoms with van der Waals surface area (Å²) in [5.41, 5.74) is 6.11. The van der Waals surface area contributed by atoms with Crippen molar-refractivity contribution in [3.8, 4) is 11.5 Å². The number of para-hydroxylation sites is 1. The van der Waals surface area contributed by atoms with Crippen molar-refractivity contribution < 1.29 is 13.5 Å². The lowest BCUT2D eigenvalue weighted by molar-refractivity contribution is 0.435. The summed E-state index contributed by atoms with van der Waals surface area (Å²) in [6.07, 6.45) is 0.478. The first-order chi connectivity index (χ1) is 9.11. The van der Waals surface area contributed by atoms with Crippen LogP contribution in [0.4, 0.5) is 8.78 Å². The van der Waals surface area contributed by atoms with E-state index < -0.39 is 11.6 Å². The van der Waals surface area contributed by atoms with Gasteiger partial charge in [0.2, 0.25) is 0 Å². The van der Waals surface area contributed by atoms with Gasteiger partial charge in [-0.1, -0.05) is 23.7 Å². The zero-order valence-electron chi connectivity index (χ0n) is 10.00. The van der Waals surface area contributed by atoms with E-state index in [0.717, 1.165) is 6.07 Å². The van der Waals surface area contributed by atoms with Crippen LogP contribution in [0, 0.1) is 11.6 Å². The SMILES string of the molecule is NCCc1cccc(F)c1Oc1ccc(F)cc1Cl. The van der Waals surface area contributed by atoms with Gasteiger partial charge < -0.3 is 10.5 Å². The van der Waals surface area contributed by atoms with Crippen LogP contribution in [0.5, 0.6) is 11.5 Å². The third-order valence-corrected chi connectivity index (χ3v) is 2.86. The smallest absolute Gasteiger partial charge is 0.166 e. The lowest BCUT2D eigenvalue weighted by Gasteiger charge is -2.12. The molecule has 0 saturated carbocycles. The Kier molecular flexibility index (Phi) is 4.35. The van der Waals surface area contributed by atoms with Gasteiger partial charge in [-0.2, -0.15) is 0 Å². The van der Waals surface area contributed by atoms with Gasteiger partial charge in [0, 0.05) is 0 Å². The van der Waals surface area contributed by atoms with Crippen LogP contribution in [-0.2, 0) is 6.42 Å². The molecule has 0 atom stereocenters. The molecule has 0 aromatic heterocycles. The van der Waals surface area contributed by atoms with E-state index in [-0.39, 0.29) is 16.5 Å². The minimum absolute atomic E-state index is 0.0708. The minimum atomic E-state index is -0.508. The number of nitrogens with two attached hydrogens (primary N) is 1. The fourth-order valence-corrected chi connectivity index (χ4v) is 1.89. The maximum absolute atomic E-state index is 13.8. The molecule has 0 amide bonds. The molecule has 0 unspecified atom stereocenters. The van der Waals surface area contributed by atoms with Gasteiger partial charge in [0.05, 0.1) is 5.02 Å². The number of halogens is 3. The molecular formula is C14H12ClF2NO. The summed E-state index contributed by atoms with van der Waals surface area (Å²) in [5.74, 6) is -0.715. The average Bonchev–Trinajstić information content (AvgIpc) is 2.36. The van der Waals surface area contributed by atoms with Crippen LogP contribution in [0.25, 0.3) is 0 Å². The predicted molar refractivity (Wildman–Crippen MR) is 70.6 cm³/mol. The summed E-state index contributed by atoms with van der Waals surface area (Å²) in [6, 6.07) is 8.26. The normalized spacial score (nSPS) is 10.5. The number of ether oxygens (including phenoxy) is 1. The Labute approximate surface area is 114 Å². The number of hydrogen-bond acceptors (Lipinski definition) is 2. The first-order valence-corrected chi connectivity index (χ1v) is 6.10. The molecule has 0 aliphatic carbocycles. The van der Waals surface area contributed by atoms with Gasteiger partial charge in [-0.25, -0.2) is 8.78 Å². The number of rotatable bonds is 4. The van der Waals surface area contributed by atoms with Gasteiger partial charge >= 0.3 is 0 Å². The van der Waals surface area contributed by atoms with Crippen molar-refractivity contribution in [2.45, 2.75) is 6.42 Å². The topological polar surface area (TPSA) is 35.2 Å². The molecule has 0 heterocycles. The van der Waals surface area contributed by atoms with E-state index in [0.29, 0.717) is 18.5 Å². The number of benzene rings is 2. The van der Waals surface area contributed by atoms with E-state index >= 15 is 0 Å². The van der Waals surface area contributed by atoms with Crippen molar-refractivity contribution in [3.05, 3.63) is 58.6 Å². The van der Waals surface area contributed by atoms with E-state index in [1.165, 1.54) is 18.2 Å². The van der Waals surface area contributed by atoms with Crippen LogP contribution in [0.15, 0.2) is 36.4 Å². The van der Waals surface area contributed by atoms with Crippen molar-refractivity contribution in [1.29, 1.82) is 0 Å². The van der Waals surface area contributed by atoms with Gasteiger partial charge in [0.15, 0.2) is 11.6 Å². The largest absolute Gasteiger partial charge is 0.452 e. The van der Waals surface area contributed by atoms with Crippen LogP contribution in [-0.4, -0.2) is 6.54 Å². The van der Waals surface area contributed by atoms with Gasteiger partial charge in [-0.05, 0) is 42.8 Å². The van der Waals surface area contributed by atoms with Crippen LogP contribution in [0.1, 0.15) is 5.56 Å². The van der Waals surface area contributed by atoms with Gasteiger partial charge in [-0.15, -0.1) is 0 Å². The average molecular weight is 284 g/mol. The highest BCUT2D eigenvalue weighted by Crippen LogP contribution is 2.33. The molecule has 0 saturated heterocycles. The summed E-state index contributed by atoms with van der Waals surface area (Å²) < 4.78 is 32.2. The lowest BCUT2D eigenvalue weighted by atomic mass is 10.1. The van der Waals surface area contributed by atoms with Crippen LogP contribution < -0.4 is 10.5 Å². The highest BCUT2D eigenvalue weighted by molar-refractivity contribution is 6.32. The maximum atomic E-state index is 13.8. The molecule has 0 bridgehead atoms. The molecule has 19 heavy (non-hydrogen) atoms.